The smallest absolute Gasteiger partial charge is 0.328 e. The van der Waals surface area contributed by atoms with Crippen LogP contribution in [0.4, 0.5) is 4.79 Å². The molecule has 17 heavy (non-hydrogen) atoms. The first-order chi connectivity index (χ1) is 8.17. The molecule has 2 rings (SSSR count). The molecule has 0 saturated carbocycles. The van der Waals surface area contributed by atoms with Crippen LogP contribution in [0.25, 0.3) is 6.08 Å². The third-order valence-corrected chi connectivity index (χ3v) is 2.78. The highest BCUT2D eigenvalue weighted by Gasteiger charge is 2.32. The van der Waals surface area contributed by atoms with E-state index in [9.17, 15) is 9.59 Å². The molecule has 1 aromatic heterocycles. The molecule has 0 atom stereocenters. The number of rotatable bonds is 3. The predicted molar refractivity (Wildman–Crippen MR) is 64.0 cm³/mol. The van der Waals surface area contributed by atoms with E-state index in [1.807, 2.05) is 29.8 Å². The van der Waals surface area contributed by atoms with Crippen LogP contribution in [-0.2, 0) is 11.3 Å². The molecule has 1 N–H and O–H groups in total. The fourth-order valence-corrected chi connectivity index (χ4v) is 1.85. The Balaban J connectivity index is 2.30. The largest absolute Gasteiger partial charge is 0.348 e. The summed E-state index contributed by atoms with van der Waals surface area (Å²) in [4.78, 5) is 24.5. The number of nitrogens with zero attached hydrogens (tertiary/aromatic N) is 2. The highest BCUT2D eigenvalue weighted by Crippen LogP contribution is 2.14. The number of carbonyl (C=O) groups excluding carboxylic acids is 2. The van der Waals surface area contributed by atoms with Crippen molar-refractivity contribution in [3.05, 3.63) is 29.7 Å². The first kappa shape index (κ1) is 11.4. The number of imide groups is 1. The van der Waals surface area contributed by atoms with Gasteiger partial charge in [-0.3, -0.25) is 9.69 Å². The van der Waals surface area contributed by atoms with Crippen LogP contribution in [0.3, 0.4) is 0 Å². The summed E-state index contributed by atoms with van der Waals surface area (Å²) in [6.45, 7) is 5.01. The lowest BCUT2D eigenvalue weighted by atomic mass is 10.3. The van der Waals surface area contributed by atoms with E-state index in [-0.39, 0.29) is 11.9 Å². The minimum absolute atomic E-state index is 0.263. The van der Waals surface area contributed by atoms with Crippen molar-refractivity contribution in [2.24, 2.45) is 0 Å². The molecule has 1 fully saturated rings. The molecule has 0 aliphatic carbocycles. The molecule has 3 amide bonds. The van der Waals surface area contributed by atoms with Crippen LogP contribution in [0, 0.1) is 0 Å². The second-order valence-electron chi connectivity index (χ2n) is 3.76. The van der Waals surface area contributed by atoms with Gasteiger partial charge in [-0.1, -0.05) is 0 Å². The zero-order chi connectivity index (χ0) is 12.4. The molecule has 1 aromatic rings. The molecule has 2 heterocycles. The zero-order valence-electron chi connectivity index (χ0n) is 9.93. The molecule has 5 nitrogen and oxygen atoms in total. The first-order valence-corrected chi connectivity index (χ1v) is 5.67. The number of carbonyl (C=O) groups is 2. The summed E-state index contributed by atoms with van der Waals surface area (Å²) in [6.07, 6.45) is 3.64. The SMILES string of the molecule is CCN1C(=O)N/C(=C/c2cccn2CC)C1=O. The third kappa shape index (κ3) is 1.95. The monoisotopic (exact) mass is 233 g/mol. The molecule has 0 unspecified atom stereocenters. The summed E-state index contributed by atoms with van der Waals surface area (Å²) in [7, 11) is 0. The van der Waals surface area contributed by atoms with Gasteiger partial charge in [0.15, 0.2) is 0 Å². The molecular formula is C12H15N3O2. The van der Waals surface area contributed by atoms with Crippen molar-refractivity contribution >= 4 is 18.0 Å². The second-order valence-corrected chi connectivity index (χ2v) is 3.76. The third-order valence-electron chi connectivity index (χ3n) is 2.78. The van der Waals surface area contributed by atoms with Crippen LogP contribution in [0.2, 0.25) is 0 Å². The summed E-state index contributed by atoms with van der Waals surface area (Å²) in [6, 6.07) is 3.47. The Morgan fingerprint density at radius 3 is 2.65 bits per heavy atom. The van der Waals surface area contributed by atoms with Gasteiger partial charge in [0.25, 0.3) is 5.91 Å². The highest BCUT2D eigenvalue weighted by atomic mass is 16.2. The van der Waals surface area contributed by atoms with Crippen LogP contribution in [0.1, 0.15) is 19.5 Å². The molecule has 0 radical (unpaired) electrons. The van der Waals surface area contributed by atoms with Crippen molar-refractivity contribution in [2.45, 2.75) is 20.4 Å². The maximum Gasteiger partial charge on any atom is 0.328 e. The molecule has 0 aromatic carbocycles. The fourth-order valence-electron chi connectivity index (χ4n) is 1.85. The van der Waals surface area contributed by atoms with E-state index in [4.69, 9.17) is 0 Å². The number of urea groups is 1. The van der Waals surface area contributed by atoms with Crippen molar-refractivity contribution in [1.29, 1.82) is 0 Å². The minimum Gasteiger partial charge on any atom is -0.348 e. The van der Waals surface area contributed by atoms with E-state index in [2.05, 4.69) is 5.32 Å². The number of likely N-dealkylation sites (N-methyl/N-ethyl adjacent to an activating group) is 1. The maximum absolute atomic E-state index is 11.8. The molecule has 0 bridgehead atoms. The van der Waals surface area contributed by atoms with Crippen LogP contribution in [0.15, 0.2) is 24.0 Å². The van der Waals surface area contributed by atoms with Crippen LogP contribution >= 0.6 is 0 Å². The number of hydrogen-bond acceptors (Lipinski definition) is 2. The van der Waals surface area contributed by atoms with Gasteiger partial charge in [0.05, 0.1) is 0 Å². The van der Waals surface area contributed by atoms with Crippen molar-refractivity contribution in [1.82, 2.24) is 14.8 Å². The van der Waals surface area contributed by atoms with E-state index in [1.165, 1.54) is 4.90 Å². The van der Waals surface area contributed by atoms with Gasteiger partial charge in [-0.05, 0) is 32.1 Å². The number of nitrogens with one attached hydrogen (secondary N) is 1. The van der Waals surface area contributed by atoms with Gasteiger partial charge < -0.3 is 9.88 Å². The second kappa shape index (κ2) is 4.45. The lowest BCUT2D eigenvalue weighted by Gasteiger charge is -2.06. The maximum atomic E-state index is 11.8. The van der Waals surface area contributed by atoms with Crippen molar-refractivity contribution < 1.29 is 9.59 Å². The molecule has 5 heteroatoms. The molecular weight excluding hydrogens is 218 g/mol. The Morgan fingerprint density at radius 2 is 2.06 bits per heavy atom. The van der Waals surface area contributed by atoms with E-state index >= 15 is 0 Å². The molecule has 90 valence electrons. The summed E-state index contributed by atoms with van der Waals surface area (Å²) < 4.78 is 2.00. The van der Waals surface area contributed by atoms with Gasteiger partial charge >= 0.3 is 6.03 Å². The number of hydrogen-bond donors (Lipinski definition) is 1. The molecule has 1 aliphatic rings. The summed E-state index contributed by atoms with van der Waals surface area (Å²) in [5, 5.41) is 2.58. The van der Waals surface area contributed by atoms with Crippen LogP contribution in [-0.4, -0.2) is 28.0 Å². The van der Waals surface area contributed by atoms with Crippen LogP contribution < -0.4 is 5.32 Å². The topological polar surface area (TPSA) is 54.3 Å². The van der Waals surface area contributed by atoms with Crippen molar-refractivity contribution in [2.75, 3.05) is 6.54 Å². The van der Waals surface area contributed by atoms with E-state index < -0.39 is 0 Å². The molecule has 0 spiro atoms. The van der Waals surface area contributed by atoms with Crippen LogP contribution in [0.5, 0.6) is 0 Å². The fraction of sp³-hybridized carbons (Fsp3) is 0.333. The zero-order valence-corrected chi connectivity index (χ0v) is 9.93. The summed E-state index contributed by atoms with van der Waals surface area (Å²) in [5.74, 6) is -0.263. The van der Waals surface area contributed by atoms with Gasteiger partial charge in [0.1, 0.15) is 5.70 Å². The average Bonchev–Trinajstić information content (AvgIpc) is 2.85. The number of amides is 3. The van der Waals surface area contributed by atoms with Crippen molar-refractivity contribution in [3.63, 3.8) is 0 Å². The average molecular weight is 233 g/mol. The summed E-state index contributed by atoms with van der Waals surface area (Å²) >= 11 is 0. The minimum atomic E-state index is -0.349. The van der Waals surface area contributed by atoms with Gasteiger partial charge in [0, 0.05) is 25.0 Å². The molecule has 1 saturated heterocycles. The Morgan fingerprint density at radius 1 is 1.29 bits per heavy atom. The number of aryl methyl sites for hydroxylation is 1. The van der Waals surface area contributed by atoms with Gasteiger partial charge in [-0.25, -0.2) is 4.79 Å². The quantitative estimate of drug-likeness (QED) is 0.634. The Kier molecular flexibility index (Phi) is 2.99. The van der Waals surface area contributed by atoms with Gasteiger partial charge in [-0.2, -0.15) is 0 Å². The summed E-state index contributed by atoms with van der Waals surface area (Å²) in [5.41, 5.74) is 1.25. The predicted octanol–water partition coefficient (Wildman–Crippen LogP) is 1.42. The Hall–Kier alpha value is -2.04. The van der Waals surface area contributed by atoms with E-state index in [0.29, 0.717) is 12.2 Å². The first-order valence-electron chi connectivity index (χ1n) is 5.67. The lowest BCUT2D eigenvalue weighted by Crippen LogP contribution is -2.30. The van der Waals surface area contributed by atoms with Crippen molar-refractivity contribution in [3.8, 4) is 0 Å². The van der Waals surface area contributed by atoms with Gasteiger partial charge in [-0.15, -0.1) is 0 Å². The Labute approximate surface area is 99.7 Å². The highest BCUT2D eigenvalue weighted by molar-refractivity contribution is 6.13. The normalized spacial score (nSPS) is 18.0. The Bertz CT molecular complexity index is 488. The van der Waals surface area contributed by atoms with E-state index in [0.717, 1.165) is 12.2 Å². The van der Waals surface area contributed by atoms with Gasteiger partial charge in [0.2, 0.25) is 0 Å². The molecule has 1 aliphatic heterocycles. The number of aromatic nitrogens is 1. The standard InChI is InChI=1S/C12H15N3O2/c1-3-14-7-5-6-9(14)8-10-11(16)15(4-2)12(17)13-10/h5-8H,3-4H2,1-2H3,(H,13,17)/b10-8+. The van der Waals surface area contributed by atoms with E-state index in [1.54, 1.807) is 13.0 Å². The lowest BCUT2D eigenvalue weighted by molar-refractivity contribution is -0.122.